The molecule has 1 aliphatic carbocycles. The van der Waals surface area contributed by atoms with Gasteiger partial charge in [0, 0.05) is 25.6 Å². The van der Waals surface area contributed by atoms with E-state index in [1.807, 2.05) is 31.3 Å². The molecule has 1 aromatic heterocycles. The van der Waals surface area contributed by atoms with Gasteiger partial charge in [-0.05, 0) is 29.4 Å². The van der Waals surface area contributed by atoms with Gasteiger partial charge in [0.15, 0.2) is 5.69 Å². The molecule has 0 saturated heterocycles. The minimum absolute atomic E-state index is 0.00196. The normalized spacial score (nSPS) is 19.7. The smallest absolute Gasteiger partial charge is 0.275 e. The van der Waals surface area contributed by atoms with Gasteiger partial charge in [-0.3, -0.25) is 9.48 Å². The molecule has 0 unspecified atom stereocenters. The third kappa shape index (κ3) is 3.82. The fourth-order valence-electron chi connectivity index (χ4n) is 4.39. The number of carbonyl (C=O) groups is 1. The second-order valence-electron chi connectivity index (χ2n) is 8.77. The lowest BCUT2D eigenvalue weighted by Crippen LogP contribution is -2.36. The summed E-state index contributed by atoms with van der Waals surface area (Å²) in [5, 5.41) is 8.28. The average Bonchev–Trinajstić information content (AvgIpc) is 3.06. The molecule has 0 spiro atoms. The zero-order valence-electron chi connectivity index (χ0n) is 17.4. The van der Waals surface area contributed by atoms with Gasteiger partial charge in [0.2, 0.25) is 0 Å². The number of rotatable bonds is 7. The van der Waals surface area contributed by atoms with Crippen LogP contribution in [0.5, 0.6) is 0 Å². The molecule has 1 heterocycles. The van der Waals surface area contributed by atoms with Crippen molar-refractivity contribution < 1.29 is 4.79 Å². The van der Waals surface area contributed by atoms with Crippen LogP contribution in [0.3, 0.4) is 0 Å². The SMILES string of the molecule is CN(C[C@]1(c2ccccc2)CC1(C)C)C(=O)c1cn(CCc2ccccc2)nn1. The Balaban J connectivity index is 1.43. The number of benzene rings is 2. The van der Waals surface area contributed by atoms with Crippen LogP contribution >= 0.6 is 0 Å². The predicted octanol–water partition coefficient (Wildman–Crippen LogP) is 3.96. The summed E-state index contributed by atoms with van der Waals surface area (Å²) in [7, 11) is 1.87. The summed E-state index contributed by atoms with van der Waals surface area (Å²) in [6.07, 6.45) is 3.69. The highest BCUT2D eigenvalue weighted by Crippen LogP contribution is 2.64. The molecule has 0 aliphatic heterocycles. The van der Waals surface area contributed by atoms with Gasteiger partial charge >= 0.3 is 0 Å². The van der Waals surface area contributed by atoms with E-state index in [4.69, 9.17) is 0 Å². The Morgan fingerprint density at radius 1 is 1.07 bits per heavy atom. The zero-order valence-corrected chi connectivity index (χ0v) is 17.4. The molecule has 0 bridgehead atoms. The Morgan fingerprint density at radius 3 is 2.31 bits per heavy atom. The van der Waals surface area contributed by atoms with Crippen molar-refractivity contribution in [2.24, 2.45) is 5.41 Å². The predicted molar refractivity (Wildman–Crippen MR) is 114 cm³/mol. The Morgan fingerprint density at radius 2 is 1.69 bits per heavy atom. The summed E-state index contributed by atoms with van der Waals surface area (Å²) < 4.78 is 1.75. The van der Waals surface area contributed by atoms with Crippen molar-refractivity contribution in [3.8, 4) is 0 Å². The summed E-state index contributed by atoms with van der Waals surface area (Å²) in [6.45, 7) is 5.94. The molecule has 4 rings (SSSR count). The average molecular weight is 389 g/mol. The first-order valence-electron chi connectivity index (χ1n) is 10.2. The maximum Gasteiger partial charge on any atom is 0.275 e. The van der Waals surface area contributed by atoms with Gasteiger partial charge in [-0.15, -0.1) is 5.10 Å². The van der Waals surface area contributed by atoms with Crippen molar-refractivity contribution in [2.75, 3.05) is 13.6 Å². The number of aryl methyl sites for hydroxylation is 2. The molecule has 1 saturated carbocycles. The Bertz CT molecular complexity index is 980. The number of amides is 1. The molecule has 2 aromatic carbocycles. The first-order valence-corrected chi connectivity index (χ1v) is 10.2. The topological polar surface area (TPSA) is 51.0 Å². The summed E-state index contributed by atoms with van der Waals surface area (Å²) in [5.41, 5.74) is 3.13. The number of hydrogen-bond donors (Lipinski definition) is 0. The molecule has 1 aliphatic rings. The van der Waals surface area contributed by atoms with E-state index in [1.165, 1.54) is 11.1 Å². The van der Waals surface area contributed by atoms with Gasteiger partial charge in [0.1, 0.15) is 0 Å². The van der Waals surface area contributed by atoms with Crippen LogP contribution < -0.4 is 0 Å². The van der Waals surface area contributed by atoms with Crippen molar-refractivity contribution in [3.05, 3.63) is 83.7 Å². The van der Waals surface area contributed by atoms with Crippen LogP contribution in [0.15, 0.2) is 66.9 Å². The fourth-order valence-corrected chi connectivity index (χ4v) is 4.39. The van der Waals surface area contributed by atoms with Crippen LogP contribution in [-0.2, 0) is 18.4 Å². The van der Waals surface area contributed by atoms with Crippen LogP contribution in [0.4, 0.5) is 0 Å². The lowest BCUT2D eigenvalue weighted by Gasteiger charge is -2.27. The van der Waals surface area contributed by atoms with Gasteiger partial charge in [-0.2, -0.15) is 0 Å². The van der Waals surface area contributed by atoms with E-state index in [0.717, 1.165) is 12.8 Å². The highest BCUT2D eigenvalue weighted by molar-refractivity contribution is 5.91. The molecule has 0 radical (unpaired) electrons. The van der Waals surface area contributed by atoms with Crippen LogP contribution in [0.1, 0.15) is 41.9 Å². The Kier molecular flexibility index (Phi) is 4.99. The largest absolute Gasteiger partial charge is 0.339 e. The number of likely N-dealkylation sites (N-methyl/N-ethyl adjacent to an activating group) is 1. The van der Waals surface area contributed by atoms with Crippen molar-refractivity contribution in [1.82, 2.24) is 19.9 Å². The molecular weight excluding hydrogens is 360 g/mol. The van der Waals surface area contributed by atoms with E-state index in [9.17, 15) is 4.79 Å². The van der Waals surface area contributed by atoms with Crippen LogP contribution in [0.2, 0.25) is 0 Å². The molecule has 3 aromatic rings. The van der Waals surface area contributed by atoms with Crippen LogP contribution in [0.25, 0.3) is 0 Å². The number of nitrogens with zero attached hydrogens (tertiary/aromatic N) is 4. The summed E-state index contributed by atoms with van der Waals surface area (Å²) >= 11 is 0. The fraction of sp³-hybridized carbons (Fsp3) is 0.375. The van der Waals surface area contributed by atoms with Crippen molar-refractivity contribution >= 4 is 5.91 Å². The van der Waals surface area contributed by atoms with Crippen molar-refractivity contribution in [2.45, 2.75) is 38.6 Å². The molecule has 29 heavy (non-hydrogen) atoms. The second-order valence-corrected chi connectivity index (χ2v) is 8.77. The Labute approximate surface area is 172 Å². The van der Waals surface area contributed by atoms with Gasteiger partial charge in [-0.1, -0.05) is 79.7 Å². The van der Waals surface area contributed by atoms with Gasteiger partial charge in [0.25, 0.3) is 5.91 Å². The van der Waals surface area contributed by atoms with Gasteiger partial charge in [0.05, 0.1) is 6.20 Å². The lowest BCUT2D eigenvalue weighted by atomic mass is 9.87. The molecule has 5 nitrogen and oxygen atoms in total. The van der Waals surface area contributed by atoms with Crippen molar-refractivity contribution in [1.29, 1.82) is 0 Å². The second kappa shape index (κ2) is 7.47. The number of aromatic nitrogens is 3. The molecule has 5 heteroatoms. The quantitative estimate of drug-likeness (QED) is 0.616. The van der Waals surface area contributed by atoms with Gasteiger partial charge in [-0.25, -0.2) is 0 Å². The van der Waals surface area contributed by atoms with E-state index in [1.54, 1.807) is 15.8 Å². The van der Waals surface area contributed by atoms with Gasteiger partial charge < -0.3 is 4.90 Å². The molecule has 0 N–H and O–H groups in total. The van der Waals surface area contributed by atoms with Crippen LogP contribution in [0, 0.1) is 5.41 Å². The molecular formula is C24H28N4O. The highest BCUT2D eigenvalue weighted by atomic mass is 16.2. The number of carbonyl (C=O) groups excluding carboxylic acids is 1. The van der Waals surface area contributed by atoms with Crippen molar-refractivity contribution in [3.63, 3.8) is 0 Å². The van der Waals surface area contributed by atoms with E-state index < -0.39 is 0 Å². The third-order valence-corrected chi connectivity index (χ3v) is 6.32. The zero-order chi connectivity index (χ0) is 20.5. The monoisotopic (exact) mass is 388 g/mol. The number of hydrogen-bond acceptors (Lipinski definition) is 3. The first kappa shape index (κ1) is 19.4. The molecule has 1 amide bonds. The van der Waals surface area contributed by atoms with Crippen LogP contribution in [-0.4, -0.2) is 39.4 Å². The van der Waals surface area contributed by atoms with E-state index in [0.29, 0.717) is 18.8 Å². The minimum Gasteiger partial charge on any atom is -0.339 e. The summed E-state index contributed by atoms with van der Waals surface area (Å²) in [5.74, 6) is -0.0750. The minimum atomic E-state index is -0.0750. The Hall–Kier alpha value is -2.95. The summed E-state index contributed by atoms with van der Waals surface area (Å²) in [4.78, 5) is 14.8. The molecule has 1 atom stereocenters. The van der Waals surface area contributed by atoms with E-state index in [2.05, 4.69) is 60.6 Å². The lowest BCUT2D eigenvalue weighted by molar-refractivity contribution is 0.0769. The summed E-state index contributed by atoms with van der Waals surface area (Å²) in [6, 6.07) is 20.8. The highest BCUT2D eigenvalue weighted by Gasteiger charge is 2.62. The maximum absolute atomic E-state index is 13.0. The van der Waals surface area contributed by atoms with E-state index >= 15 is 0 Å². The first-order chi connectivity index (χ1) is 13.9. The molecule has 1 fully saturated rings. The standard InChI is InChI=1S/C24H28N4O/c1-23(2)17-24(23,20-12-8-5-9-13-20)18-27(3)22(29)21-16-28(26-25-21)15-14-19-10-6-4-7-11-19/h4-13,16H,14-15,17-18H2,1-3H3/t24-/m0/s1. The third-order valence-electron chi connectivity index (χ3n) is 6.32. The molecule has 150 valence electrons. The van der Waals surface area contributed by atoms with E-state index in [-0.39, 0.29) is 16.7 Å². The maximum atomic E-state index is 13.0.